The van der Waals surface area contributed by atoms with Crippen molar-refractivity contribution in [1.29, 1.82) is 0 Å². The van der Waals surface area contributed by atoms with Crippen LogP contribution in [-0.2, 0) is 6.42 Å². The van der Waals surface area contributed by atoms with Crippen molar-refractivity contribution in [2.75, 3.05) is 32.7 Å². The van der Waals surface area contributed by atoms with Gasteiger partial charge in [0, 0.05) is 44.4 Å². The second kappa shape index (κ2) is 4.90. The summed E-state index contributed by atoms with van der Waals surface area (Å²) in [4.78, 5) is 5.77. The van der Waals surface area contributed by atoms with Gasteiger partial charge in [0.15, 0.2) is 0 Å². The third kappa shape index (κ3) is 2.51. The van der Waals surface area contributed by atoms with Crippen LogP contribution in [0.3, 0.4) is 0 Å². The molecular formula is C14H19N3. The molecule has 1 aliphatic rings. The van der Waals surface area contributed by atoms with Gasteiger partial charge in [0.1, 0.15) is 0 Å². The first-order chi connectivity index (χ1) is 8.42. The Hall–Kier alpha value is -1.32. The zero-order valence-electron chi connectivity index (χ0n) is 10.1. The predicted molar refractivity (Wildman–Crippen MR) is 71.3 cm³/mol. The molecule has 0 amide bonds. The summed E-state index contributed by atoms with van der Waals surface area (Å²) in [5.74, 6) is 0. The van der Waals surface area contributed by atoms with Crippen molar-refractivity contribution in [2.45, 2.75) is 6.42 Å². The number of hydrogen-bond acceptors (Lipinski definition) is 2. The van der Waals surface area contributed by atoms with Crippen LogP contribution < -0.4 is 5.32 Å². The number of aromatic nitrogens is 1. The molecule has 1 saturated heterocycles. The quantitative estimate of drug-likeness (QED) is 0.838. The number of rotatable bonds is 3. The average Bonchev–Trinajstić information content (AvgIpc) is 2.85. The summed E-state index contributed by atoms with van der Waals surface area (Å²) in [5, 5.41) is 4.71. The fourth-order valence-electron chi connectivity index (χ4n) is 2.48. The lowest BCUT2D eigenvalue weighted by Crippen LogP contribution is -2.44. The highest BCUT2D eigenvalue weighted by Crippen LogP contribution is 2.14. The molecule has 0 bridgehead atoms. The normalized spacial score (nSPS) is 17.6. The van der Waals surface area contributed by atoms with Crippen LogP contribution in [0.1, 0.15) is 5.56 Å². The van der Waals surface area contributed by atoms with E-state index in [1.54, 1.807) is 0 Å². The first-order valence-electron chi connectivity index (χ1n) is 6.41. The van der Waals surface area contributed by atoms with E-state index in [0.29, 0.717) is 0 Å². The van der Waals surface area contributed by atoms with E-state index in [0.717, 1.165) is 19.5 Å². The van der Waals surface area contributed by atoms with Crippen LogP contribution in [-0.4, -0.2) is 42.6 Å². The lowest BCUT2D eigenvalue weighted by atomic mass is 10.1. The fraction of sp³-hybridized carbons (Fsp3) is 0.429. The lowest BCUT2D eigenvalue weighted by Gasteiger charge is -2.27. The molecule has 0 radical (unpaired) electrons. The van der Waals surface area contributed by atoms with Crippen molar-refractivity contribution >= 4 is 10.9 Å². The highest BCUT2D eigenvalue weighted by atomic mass is 15.2. The van der Waals surface area contributed by atoms with E-state index in [1.807, 2.05) is 6.20 Å². The van der Waals surface area contributed by atoms with Gasteiger partial charge < -0.3 is 15.2 Å². The van der Waals surface area contributed by atoms with Crippen LogP contribution in [0.4, 0.5) is 0 Å². The number of fused-ring (bicyclic) bond motifs is 1. The predicted octanol–water partition coefficient (Wildman–Crippen LogP) is 1.62. The average molecular weight is 229 g/mol. The van der Waals surface area contributed by atoms with Crippen LogP contribution in [0.15, 0.2) is 30.5 Å². The summed E-state index contributed by atoms with van der Waals surface area (Å²) in [7, 11) is 0. The van der Waals surface area contributed by atoms with Gasteiger partial charge in [-0.25, -0.2) is 0 Å². The summed E-state index contributed by atoms with van der Waals surface area (Å²) < 4.78 is 0. The van der Waals surface area contributed by atoms with Gasteiger partial charge in [0.25, 0.3) is 0 Å². The number of nitrogens with one attached hydrogen (secondary N) is 2. The molecule has 1 aliphatic heterocycles. The smallest absolute Gasteiger partial charge is 0.0454 e. The maximum absolute atomic E-state index is 3.39. The minimum atomic E-state index is 1.14. The molecule has 1 aromatic heterocycles. The zero-order valence-corrected chi connectivity index (χ0v) is 10.1. The molecule has 0 aliphatic carbocycles. The fourth-order valence-corrected chi connectivity index (χ4v) is 2.48. The number of benzene rings is 1. The summed E-state index contributed by atoms with van der Waals surface area (Å²) >= 11 is 0. The van der Waals surface area contributed by atoms with Crippen LogP contribution >= 0.6 is 0 Å². The van der Waals surface area contributed by atoms with Crippen molar-refractivity contribution in [3.8, 4) is 0 Å². The number of aromatic amines is 1. The molecule has 3 nitrogen and oxygen atoms in total. The maximum atomic E-state index is 3.39. The Morgan fingerprint density at radius 2 is 2.00 bits per heavy atom. The van der Waals surface area contributed by atoms with Gasteiger partial charge in [0.2, 0.25) is 0 Å². The Labute approximate surface area is 102 Å². The van der Waals surface area contributed by atoms with Crippen LogP contribution in [0.2, 0.25) is 0 Å². The molecule has 2 heterocycles. The Kier molecular flexibility index (Phi) is 3.12. The Morgan fingerprint density at radius 3 is 2.88 bits per heavy atom. The molecule has 0 saturated carbocycles. The van der Waals surface area contributed by atoms with Crippen LogP contribution in [0.5, 0.6) is 0 Å². The molecule has 1 aromatic carbocycles. The summed E-state index contributed by atoms with van der Waals surface area (Å²) in [6, 6.07) is 8.86. The molecule has 2 N–H and O–H groups in total. The number of piperazine rings is 1. The van der Waals surface area contributed by atoms with Gasteiger partial charge >= 0.3 is 0 Å². The minimum absolute atomic E-state index is 1.14. The largest absolute Gasteiger partial charge is 0.361 e. The molecule has 2 aromatic rings. The Morgan fingerprint density at radius 1 is 1.12 bits per heavy atom. The topological polar surface area (TPSA) is 31.1 Å². The molecule has 17 heavy (non-hydrogen) atoms. The summed E-state index contributed by atoms with van der Waals surface area (Å²) in [5.41, 5.74) is 2.67. The number of nitrogens with zero attached hydrogens (tertiary/aromatic N) is 1. The third-order valence-electron chi connectivity index (χ3n) is 3.54. The van der Waals surface area contributed by atoms with Gasteiger partial charge in [-0.05, 0) is 35.6 Å². The zero-order chi connectivity index (χ0) is 11.5. The molecular weight excluding hydrogens is 210 g/mol. The lowest BCUT2D eigenvalue weighted by molar-refractivity contribution is 0.244. The Balaban J connectivity index is 1.63. The highest BCUT2D eigenvalue weighted by Gasteiger charge is 2.08. The minimum Gasteiger partial charge on any atom is -0.361 e. The highest BCUT2D eigenvalue weighted by molar-refractivity contribution is 5.79. The van der Waals surface area contributed by atoms with Crippen LogP contribution in [0, 0.1) is 0 Å². The number of hydrogen-bond donors (Lipinski definition) is 2. The molecule has 0 unspecified atom stereocenters. The van der Waals surface area contributed by atoms with E-state index >= 15 is 0 Å². The van der Waals surface area contributed by atoms with Gasteiger partial charge in [-0.1, -0.05) is 6.07 Å². The van der Waals surface area contributed by atoms with E-state index in [9.17, 15) is 0 Å². The SMILES string of the molecule is c1cc2cc(CCN3CCNCC3)ccc2[nH]1. The monoisotopic (exact) mass is 229 g/mol. The number of H-pyrrole nitrogens is 1. The second-order valence-electron chi connectivity index (χ2n) is 4.74. The Bertz CT molecular complexity index is 483. The van der Waals surface area contributed by atoms with Crippen molar-refractivity contribution in [3.05, 3.63) is 36.0 Å². The first kappa shape index (κ1) is 10.8. The van der Waals surface area contributed by atoms with Crippen molar-refractivity contribution in [1.82, 2.24) is 15.2 Å². The molecule has 90 valence electrons. The van der Waals surface area contributed by atoms with E-state index in [-0.39, 0.29) is 0 Å². The van der Waals surface area contributed by atoms with E-state index < -0.39 is 0 Å². The van der Waals surface area contributed by atoms with Gasteiger partial charge in [-0.2, -0.15) is 0 Å². The third-order valence-corrected chi connectivity index (χ3v) is 3.54. The second-order valence-corrected chi connectivity index (χ2v) is 4.74. The van der Waals surface area contributed by atoms with E-state index in [2.05, 4.69) is 39.5 Å². The van der Waals surface area contributed by atoms with Crippen molar-refractivity contribution in [3.63, 3.8) is 0 Å². The van der Waals surface area contributed by atoms with E-state index in [4.69, 9.17) is 0 Å². The molecule has 0 atom stereocenters. The van der Waals surface area contributed by atoms with Gasteiger partial charge in [-0.3, -0.25) is 0 Å². The van der Waals surface area contributed by atoms with Gasteiger partial charge in [-0.15, -0.1) is 0 Å². The van der Waals surface area contributed by atoms with E-state index in [1.165, 1.54) is 36.1 Å². The molecule has 0 spiro atoms. The summed E-state index contributed by atoms with van der Waals surface area (Å²) in [6.07, 6.45) is 3.16. The molecule has 3 heteroatoms. The molecule has 3 rings (SSSR count). The first-order valence-corrected chi connectivity index (χ1v) is 6.41. The maximum Gasteiger partial charge on any atom is 0.0454 e. The summed E-state index contributed by atoms with van der Waals surface area (Å²) in [6.45, 7) is 5.82. The van der Waals surface area contributed by atoms with Crippen molar-refractivity contribution < 1.29 is 0 Å². The van der Waals surface area contributed by atoms with Gasteiger partial charge in [0.05, 0.1) is 0 Å². The van der Waals surface area contributed by atoms with Crippen LogP contribution in [0.25, 0.3) is 10.9 Å². The molecule has 1 fully saturated rings. The standard InChI is InChI=1S/C14H19N3/c1-2-14-13(3-5-16-14)11-12(1)4-8-17-9-6-15-7-10-17/h1-3,5,11,15-16H,4,6-10H2. The van der Waals surface area contributed by atoms with Crippen molar-refractivity contribution in [2.24, 2.45) is 0 Å².